The van der Waals surface area contributed by atoms with E-state index in [0.29, 0.717) is 5.56 Å². The van der Waals surface area contributed by atoms with Gasteiger partial charge in [0.05, 0.1) is 5.56 Å². The van der Waals surface area contributed by atoms with Crippen LogP contribution in [0.25, 0.3) is 0 Å². The number of aromatic hydroxyl groups is 1. The van der Waals surface area contributed by atoms with E-state index in [2.05, 4.69) is 0 Å². The van der Waals surface area contributed by atoms with Gasteiger partial charge in [-0.25, -0.2) is 0 Å². The van der Waals surface area contributed by atoms with Crippen LogP contribution in [0, 0.1) is 11.8 Å². The fourth-order valence-electron chi connectivity index (χ4n) is 2.39. The zero-order valence-corrected chi connectivity index (χ0v) is 8.39. The summed E-state index contributed by atoms with van der Waals surface area (Å²) in [5.74, 6) is 1.53. The summed E-state index contributed by atoms with van der Waals surface area (Å²) in [6.45, 7) is 1.75. The molecule has 0 spiro atoms. The summed E-state index contributed by atoms with van der Waals surface area (Å²) >= 11 is 0. The molecule has 1 aromatic rings. The fraction of sp³-hybridized carbons (Fsp3) is 0.417. The van der Waals surface area contributed by atoms with Crippen molar-refractivity contribution in [2.75, 3.05) is 13.1 Å². The number of para-hydroxylation sites is 1. The van der Waals surface area contributed by atoms with Crippen molar-refractivity contribution in [1.82, 2.24) is 4.90 Å². The maximum atomic E-state index is 12.0. The maximum absolute atomic E-state index is 12.0. The van der Waals surface area contributed by atoms with Gasteiger partial charge in [0.1, 0.15) is 5.75 Å². The number of nitrogens with zero attached hydrogens (tertiary/aromatic N) is 1. The van der Waals surface area contributed by atoms with Crippen molar-refractivity contribution in [1.29, 1.82) is 0 Å². The minimum absolute atomic E-state index is 0.0275. The number of hydrogen-bond acceptors (Lipinski definition) is 2. The predicted molar refractivity (Wildman–Crippen MR) is 55.6 cm³/mol. The lowest BCUT2D eigenvalue weighted by atomic mass is 10.1. The molecule has 1 saturated heterocycles. The summed E-state index contributed by atoms with van der Waals surface area (Å²) in [6, 6.07) is 6.75. The van der Waals surface area contributed by atoms with Crippen LogP contribution in [-0.4, -0.2) is 29.0 Å². The molecule has 1 heterocycles. The van der Waals surface area contributed by atoms with Crippen LogP contribution in [0.5, 0.6) is 5.75 Å². The smallest absolute Gasteiger partial charge is 0.257 e. The van der Waals surface area contributed by atoms with Crippen LogP contribution >= 0.6 is 0 Å². The van der Waals surface area contributed by atoms with Crippen molar-refractivity contribution < 1.29 is 9.90 Å². The number of amides is 1. The largest absolute Gasteiger partial charge is 0.507 e. The van der Waals surface area contributed by atoms with E-state index in [1.165, 1.54) is 6.42 Å². The average molecular weight is 203 g/mol. The number of fused-ring (bicyclic) bond motifs is 1. The van der Waals surface area contributed by atoms with E-state index in [1.807, 2.05) is 4.90 Å². The summed E-state index contributed by atoms with van der Waals surface area (Å²) in [4.78, 5) is 13.9. The van der Waals surface area contributed by atoms with Crippen LogP contribution in [-0.2, 0) is 0 Å². The zero-order valence-electron chi connectivity index (χ0n) is 8.39. The van der Waals surface area contributed by atoms with Gasteiger partial charge in [0.25, 0.3) is 5.91 Å². The number of piperidine rings is 1. The molecule has 78 valence electrons. The highest BCUT2D eigenvalue weighted by Crippen LogP contribution is 2.45. The Morgan fingerprint density at radius 1 is 1.27 bits per heavy atom. The number of carbonyl (C=O) groups is 1. The molecule has 15 heavy (non-hydrogen) atoms. The minimum Gasteiger partial charge on any atom is -0.507 e. The van der Waals surface area contributed by atoms with Gasteiger partial charge in [-0.3, -0.25) is 4.79 Å². The molecular weight excluding hydrogens is 190 g/mol. The number of rotatable bonds is 1. The standard InChI is InChI=1S/C12H13NO2/c14-11-4-2-1-3-10(11)12(15)13-6-8-5-9(8)7-13/h1-4,8-9,14H,5-7H2. The molecule has 1 aliphatic heterocycles. The second-order valence-electron chi connectivity index (χ2n) is 4.48. The van der Waals surface area contributed by atoms with Crippen molar-refractivity contribution in [3.63, 3.8) is 0 Å². The highest BCUT2D eigenvalue weighted by Gasteiger charge is 2.46. The SMILES string of the molecule is O=C(c1ccccc1O)N1CC2CC2C1. The Labute approximate surface area is 88.3 Å². The van der Waals surface area contributed by atoms with Crippen LogP contribution in [0.3, 0.4) is 0 Å². The maximum Gasteiger partial charge on any atom is 0.257 e. The summed E-state index contributed by atoms with van der Waals surface area (Å²) in [7, 11) is 0. The second-order valence-corrected chi connectivity index (χ2v) is 4.48. The van der Waals surface area contributed by atoms with Crippen molar-refractivity contribution >= 4 is 5.91 Å². The molecule has 1 saturated carbocycles. The molecule has 0 aromatic heterocycles. The highest BCUT2D eigenvalue weighted by atomic mass is 16.3. The Bertz CT molecular complexity index is 406. The van der Waals surface area contributed by atoms with Gasteiger partial charge >= 0.3 is 0 Å². The summed E-state index contributed by atoms with van der Waals surface area (Å²) < 4.78 is 0. The van der Waals surface area contributed by atoms with Crippen LogP contribution in [0.1, 0.15) is 16.8 Å². The lowest BCUT2D eigenvalue weighted by Crippen LogP contribution is -2.30. The first-order chi connectivity index (χ1) is 7.25. The average Bonchev–Trinajstić information content (AvgIpc) is 2.86. The first kappa shape index (κ1) is 8.77. The third-order valence-electron chi connectivity index (χ3n) is 3.40. The van der Waals surface area contributed by atoms with Crippen molar-refractivity contribution in [3.05, 3.63) is 29.8 Å². The molecule has 2 aliphatic rings. The molecular formula is C12H13NO2. The van der Waals surface area contributed by atoms with Crippen LogP contribution in [0.15, 0.2) is 24.3 Å². The normalized spacial score (nSPS) is 27.6. The minimum atomic E-state index is -0.0275. The molecule has 1 aromatic carbocycles. The van der Waals surface area contributed by atoms with Gasteiger partial charge in [0.15, 0.2) is 0 Å². The fourth-order valence-corrected chi connectivity index (χ4v) is 2.39. The number of hydrogen-bond donors (Lipinski definition) is 1. The molecule has 1 aliphatic carbocycles. The van der Waals surface area contributed by atoms with Gasteiger partial charge in [-0.05, 0) is 30.4 Å². The van der Waals surface area contributed by atoms with Crippen molar-refractivity contribution in [2.24, 2.45) is 11.8 Å². The zero-order chi connectivity index (χ0) is 10.4. The van der Waals surface area contributed by atoms with Gasteiger partial charge in [-0.2, -0.15) is 0 Å². The summed E-state index contributed by atoms with van der Waals surface area (Å²) in [6.07, 6.45) is 1.28. The number of benzene rings is 1. The lowest BCUT2D eigenvalue weighted by Gasteiger charge is -2.18. The van der Waals surface area contributed by atoms with Gasteiger partial charge in [-0.15, -0.1) is 0 Å². The molecule has 2 unspecified atom stereocenters. The van der Waals surface area contributed by atoms with E-state index >= 15 is 0 Å². The van der Waals surface area contributed by atoms with E-state index in [1.54, 1.807) is 24.3 Å². The van der Waals surface area contributed by atoms with Gasteiger partial charge in [0, 0.05) is 13.1 Å². The topological polar surface area (TPSA) is 40.5 Å². The molecule has 1 amide bonds. The Morgan fingerprint density at radius 2 is 1.93 bits per heavy atom. The Balaban J connectivity index is 1.82. The quantitative estimate of drug-likeness (QED) is 0.751. The molecule has 0 bridgehead atoms. The Morgan fingerprint density at radius 3 is 2.60 bits per heavy atom. The number of phenols is 1. The van der Waals surface area contributed by atoms with Gasteiger partial charge < -0.3 is 10.0 Å². The monoisotopic (exact) mass is 203 g/mol. The highest BCUT2D eigenvalue weighted by molar-refractivity contribution is 5.97. The molecule has 3 rings (SSSR count). The Hall–Kier alpha value is -1.51. The number of phenolic OH excluding ortho intramolecular Hbond substituents is 1. The first-order valence-corrected chi connectivity index (χ1v) is 5.33. The predicted octanol–water partition coefficient (Wildman–Crippen LogP) is 1.48. The van der Waals surface area contributed by atoms with E-state index in [-0.39, 0.29) is 11.7 Å². The Kier molecular flexibility index (Phi) is 1.75. The summed E-state index contributed by atoms with van der Waals surface area (Å²) in [5, 5.41) is 9.57. The van der Waals surface area contributed by atoms with Gasteiger partial charge in [-0.1, -0.05) is 12.1 Å². The second kappa shape index (κ2) is 2.99. The van der Waals surface area contributed by atoms with Crippen molar-refractivity contribution in [3.8, 4) is 5.75 Å². The summed E-state index contributed by atoms with van der Waals surface area (Å²) in [5.41, 5.74) is 0.429. The number of likely N-dealkylation sites (tertiary alicyclic amines) is 1. The van der Waals surface area contributed by atoms with E-state index in [0.717, 1.165) is 24.9 Å². The van der Waals surface area contributed by atoms with E-state index in [4.69, 9.17) is 0 Å². The van der Waals surface area contributed by atoms with E-state index < -0.39 is 0 Å². The van der Waals surface area contributed by atoms with Crippen molar-refractivity contribution in [2.45, 2.75) is 6.42 Å². The molecule has 2 atom stereocenters. The van der Waals surface area contributed by atoms with Crippen LogP contribution in [0.2, 0.25) is 0 Å². The third-order valence-corrected chi connectivity index (χ3v) is 3.40. The third kappa shape index (κ3) is 1.39. The van der Waals surface area contributed by atoms with E-state index in [9.17, 15) is 9.90 Å². The number of carbonyl (C=O) groups excluding carboxylic acids is 1. The lowest BCUT2D eigenvalue weighted by molar-refractivity contribution is 0.0772. The molecule has 2 fully saturated rings. The molecule has 3 nitrogen and oxygen atoms in total. The van der Waals surface area contributed by atoms with Gasteiger partial charge in [0.2, 0.25) is 0 Å². The first-order valence-electron chi connectivity index (χ1n) is 5.33. The molecule has 1 N–H and O–H groups in total. The molecule has 3 heteroatoms. The van der Waals surface area contributed by atoms with Crippen LogP contribution in [0.4, 0.5) is 0 Å². The van der Waals surface area contributed by atoms with Crippen LogP contribution < -0.4 is 0 Å². The molecule has 0 radical (unpaired) electrons.